The molecule has 228 valence electrons. The van der Waals surface area contributed by atoms with Crippen LogP contribution in [0.25, 0.3) is 10.9 Å². The second-order valence-electron chi connectivity index (χ2n) is 9.38. The first-order valence-electron chi connectivity index (χ1n) is 12.6. The molecule has 4 aromatic rings. The van der Waals surface area contributed by atoms with Gasteiger partial charge >= 0.3 is 5.97 Å². The van der Waals surface area contributed by atoms with Crippen molar-refractivity contribution < 1.29 is 43.5 Å². The number of carboxylic acids is 1. The highest BCUT2D eigenvalue weighted by molar-refractivity contribution is 7.91. The summed E-state index contributed by atoms with van der Waals surface area (Å²) in [6.45, 7) is 0.590. The second-order valence-corrected chi connectivity index (χ2v) is 11.3. The molecule has 0 aliphatic carbocycles. The first kappa shape index (κ1) is 32.8. The normalized spacial score (nSPS) is 14.1. The Morgan fingerprint density at radius 1 is 0.907 bits per heavy atom. The van der Waals surface area contributed by atoms with Gasteiger partial charge in [0.25, 0.3) is 0 Å². The van der Waals surface area contributed by atoms with Crippen molar-refractivity contribution in [2.24, 2.45) is 0 Å². The molecule has 1 heterocycles. The van der Waals surface area contributed by atoms with Gasteiger partial charge in [-0.3, -0.25) is 0 Å². The molecule has 0 fully saturated rings. The average Bonchev–Trinajstić information content (AvgIpc) is 3.00. The van der Waals surface area contributed by atoms with E-state index < -0.39 is 40.2 Å². The summed E-state index contributed by atoms with van der Waals surface area (Å²) < 4.78 is 25.5. The number of rotatable bonds is 10. The number of carboxylic acid groups (broad SMARTS) is 1. The summed E-state index contributed by atoms with van der Waals surface area (Å²) >= 11 is 0. The molecule has 0 amide bonds. The van der Waals surface area contributed by atoms with Crippen molar-refractivity contribution in [1.29, 1.82) is 0 Å². The van der Waals surface area contributed by atoms with Gasteiger partial charge in [-0.15, -0.1) is 0 Å². The third-order valence-corrected chi connectivity index (χ3v) is 8.08. The van der Waals surface area contributed by atoms with E-state index in [-0.39, 0.29) is 22.0 Å². The van der Waals surface area contributed by atoms with E-state index in [1.54, 1.807) is 42.5 Å². The number of nitrogen functional groups attached to an aromatic ring is 2. The van der Waals surface area contributed by atoms with Crippen molar-refractivity contribution in [2.75, 3.05) is 23.4 Å². The smallest absolute Gasteiger partial charge is 0.335 e. The number of carbonyl (C=O) groups excluding carboxylic acids is 1. The number of aliphatic hydroxyl groups excluding tert-OH is 4. The molecule has 3 aromatic carbocycles. The Bertz CT molecular complexity index is 1670. The van der Waals surface area contributed by atoms with Crippen LogP contribution in [0.3, 0.4) is 0 Å². The Morgan fingerprint density at radius 3 is 2.09 bits per heavy atom. The number of carbonyl (C=O) groups is 2. The lowest BCUT2D eigenvalue weighted by atomic mass is 10.0. The molecule has 43 heavy (non-hydrogen) atoms. The van der Waals surface area contributed by atoms with Crippen LogP contribution in [-0.2, 0) is 26.0 Å². The summed E-state index contributed by atoms with van der Waals surface area (Å²) in [7, 11) is -1.57. The van der Waals surface area contributed by atoms with Crippen LogP contribution in [-0.4, -0.2) is 87.6 Å². The van der Waals surface area contributed by atoms with Crippen LogP contribution in [0.1, 0.15) is 5.56 Å². The zero-order chi connectivity index (χ0) is 31.9. The Balaban J connectivity index is 0.000000331. The van der Waals surface area contributed by atoms with E-state index in [1.807, 2.05) is 42.3 Å². The van der Waals surface area contributed by atoms with Gasteiger partial charge in [-0.05, 0) is 48.0 Å². The van der Waals surface area contributed by atoms with Crippen molar-refractivity contribution in [1.82, 2.24) is 9.97 Å². The van der Waals surface area contributed by atoms with Crippen molar-refractivity contribution >= 4 is 50.4 Å². The van der Waals surface area contributed by atoms with E-state index in [1.165, 1.54) is 0 Å². The van der Waals surface area contributed by atoms with E-state index in [9.17, 15) is 18.0 Å². The van der Waals surface area contributed by atoms with Gasteiger partial charge in [-0.1, -0.05) is 30.3 Å². The SMILES string of the molecule is CN(Cc1ccc(S(=O)(=O)c2ccccc2)cc1)c1ccc2nc(N)nc(N)c2c1.O=C[C@H](O)[C@@H](O)[C@H](O)[C@H](O)C(=O)O. The quantitative estimate of drug-likeness (QED) is 0.116. The monoisotopic (exact) mass is 613 g/mol. The van der Waals surface area contributed by atoms with Crippen LogP contribution in [0.15, 0.2) is 82.6 Å². The number of hydrogen-bond acceptors (Lipinski definition) is 13. The number of nitrogens with two attached hydrogens (primary N) is 2. The molecule has 14 nitrogen and oxygen atoms in total. The molecule has 9 N–H and O–H groups in total. The predicted molar refractivity (Wildman–Crippen MR) is 157 cm³/mol. The van der Waals surface area contributed by atoms with Gasteiger partial charge in [-0.25, -0.2) is 18.2 Å². The summed E-state index contributed by atoms with van der Waals surface area (Å²) in [6, 6.07) is 21.0. The van der Waals surface area contributed by atoms with Crippen LogP contribution >= 0.6 is 0 Å². The van der Waals surface area contributed by atoms with Crippen LogP contribution in [0.2, 0.25) is 0 Å². The van der Waals surface area contributed by atoms with E-state index in [4.69, 9.17) is 37.0 Å². The first-order chi connectivity index (χ1) is 20.3. The van der Waals surface area contributed by atoms with Crippen molar-refractivity contribution in [2.45, 2.75) is 40.8 Å². The maximum absolute atomic E-state index is 12.7. The van der Waals surface area contributed by atoms with Gasteiger partial charge in [0.05, 0.1) is 15.3 Å². The van der Waals surface area contributed by atoms with Crippen molar-refractivity contribution in [3.05, 3.63) is 78.4 Å². The summed E-state index contributed by atoms with van der Waals surface area (Å²) in [6.07, 6.45) is -8.39. The van der Waals surface area contributed by atoms with Crippen LogP contribution in [0.4, 0.5) is 17.5 Å². The number of nitrogens with zero attached hydrogens (tertiary/aromatic N) is 3. The maximum atomic E-state index is 12.7. The molecule has 0 unspecified atom stereocenters. The molecule has 0 aliphatic heterocycles. The van der Waals surface area contributed by atoms with Crippen LogP contribution < -0.4 is 16.4 Å². The van der Waals surface area contributed by atoms with Crippen LogP contribution in [0.5, 0.6) is 0 Å². The molecule has 0 spiro atoms. The van der Waals surface area contributed by atoms with Gasteiger partial charge in [0, 0.05) is 24.7 Å². The highest BCUT2D eigenvalue weighted by Crippen LogP contribution is 2.26. The number of sulfone groups is 1. The first-order valence-corrected chi connectivity index (χ1v) is 14.1. The lowest BCUT2D eigenvalue weighted by molar-refractivity contribution is -0.163. The van der Waals surface area contributed by atoms with Gasteiger partial charge in [0.2, 0.25) is 15.8 Å². The number of aromatic nitrogens is 2. The van der Waals surface area contributed by atoms with Gasteiger partial charge < -0.3 is 46.7 Å². The lowest BCUT2D eigenvalue weighted by Gasteiger charge is -2.21. The Labute approximate surface area is 246 Å². The van der Waals surface area contributed by atoms with E-state index in [0.717, 1.165) is 16.6 Å². The maximum Gasteiger partial charge on any atom is 0.335 e. The van der Waals surface area contributed by atoms with Crippen molar-refractivity contribution in [3.63, 3.8) is 0 Å². The van der Waals surface area contributed by atoms with E-state index >= 15 is 0 Å². The van der Waals surface area contributed by atoms with E-state index in [2.05, 4.69) is 9.97 Å². The predicted octanol–water partition coefficient (Wildman–Crippen LogP) is -0.0231. The molecule has 0 saturated heterocycles. The third-order valence-electron chi connectivity index (χ3n) is 6.29. The Morgan fingerprint density at radius 2 is 1.51 bits per heavy atom. The average molecular weight is 614 g/mol. The van der Waals surface area contributed by atoms with Crippen molar-refractivity contribution in [3.8, 4) is 0 Å². The minimum Gasteiger partial charge on any atom is -0.479 e. The molecular formula is C28H31N5O9S. The standard InChI is InChI=1S/C22H21N5O2S.C6H10O7/c1-27(16-9-12-20-19(13-16)21(23)26-22(24)25-20)14-15-7-10-18(11-8-15)30(28,29)17-5-3-2-4-6-17;7-1-2(8)3(9)4(10)5(11)6(12)13/h2-13H,14H2,1H3,(H4,23,24,25,26);1-5,8-11H,(H,12,13)/t;2-,3+,4-,5-/m.0/s1. The molecule has 0 aliphatic rings. The fourth-order valence-electron chi connectivity index (χ4n) is 3.89. The number of fused-ring (bicyclic) bond motifs is 1. The highest BCUT2D eigenvalue weighted by atomic mass is 32.2. The molecule has 4 rings (SSSR count). The molecule has 0 radical (unpaired) electrons. The lowest BCUT2D eigenvalue weighted by Crippen LogP contribution is -2.48. The number of aliphatic hydroxyl groups is 4. The number of aliphatic carboxylic acids is 1. The zero-order valence-electron chi connectivity index (χ0n) is 22.8. The Kier molecular flexibility index (Phi) is 10.7. The molecule has 1 aromatic heterocycles. The summed E-state index contributed by atoms with van der Waals surface area (Å²) in [5.41, 5.74) is 14.2. The molecule has 0 saturated carbocycles. The highest BCUT2D eigenvalue weighted by Gasteiger charge is 2.34. The summed E-state index contributed by atoms with van der Waals surface area (Å²) in [4.78, 5) is 30.8. The number of benzene rings is 3. The minimum absolute atomic E-state index is 0.0809. The van der Waals surface area contributed by atoms with E-state index in [0.29, 0.717) is 17.9 Å². The van der Waals surface area contributed by atoms with Gasteiger partial charge in [0.15, 0.2) is 12.4 Å². The fourth-order valence-corrected chi connectivity index (χ4v) is 5.17. The summed E-state index contributed by atoms with van der Waals surface area (Å²) in [5, 5.41) is 43.9. The van der Waals surface area contributed by atoms with Gasteiger partial charge in [-0.2, -0.15) is 4.98 Å². The molecule has 4 atom stereocenters. The molecule has 0 bridgehead atoms. The number of hydrogen-bond donors (Lipinski definition) is 7. The second kappa shape index (κ2) is 14.0. The zero-order valence-corrected chi connectivity index (χ0v) is 23.6. The molecule has 15 heteroatoms. The topological polar surface area (TPSA) is 250 Å². The number of anilines is 3. The summed E-state index contributed by atoms with van der Waals surface area (Å²) in [5.74, 6) is -1.28. The minimum atomic E-state index is -3.52. The largest absolute Gasteiger partial charge is 0.479 e. The van der Waals surface area contributed by atoms with Crippen LogP contribution in [0, 0.1) is 0 Å². The van der Waals surface area contributed by atoms with Gasteiger partial charge in [0.1, 0.15) is 24.1 Å². The Hall–Kier alpha value is -4.67. The third kappa shape index (κ3) is 8.00. The number of aldehydes is 1. The molecular weight excluding hydrogens is 582 g/mol. The fraction of sp³-hybridized carbons (Fsp3) is 0.214.